The van der Waals surface area contributed by atoms with Crippen LogP contribution in [0.5, 0.6) is 11.5 Å². The molecule has 1 amide bonds. The van der Waals surface area contributed by atoms with Crippen molar-refractivity contribution in [3.05, 3.63) is 64.8 Å². The van der Waals surface area contributed by atoms with Crippen molar-refractivity contribution in [2.24, 2.45) is 11.0 Å². The van der Waals surface area contributed by atoms with Gasteiger partial charge in [0.15, 0.2) is 11.5 Å². The first-order valence-corrected chi connectivity index (χ1v) is 10.5. The number of pyridine rings is 1. The molecule has 160 valence electrons. The predicted octanol–water partition coefficient (Wildman–Crippen LogP) is 5.24. The van der Waals surface area contributed by atoms with Gasteiger partial charge in [-0.1, -0.05) is 55.8 Å². The Hall–Kier alpha value is -3.12. The SMILES string of the molecule is COc1cc2cc(C3=NN(C(=O)C(C)C)[C@H](c4ccccc4)C3)c(Cl)nc2cc1OC. The van der Waals surface area contributed by atoms with E-state index in [2.05, 4.69) is 4.98 Å². The van der Waals surface area contributed by atoms with Crippen molar-refractivity contribution in [2.75, 3.05) is 14.2 Å². The second kappa shape index (κ2) is 8.55. The Bertz CT molecular complexity index is 1160. The fourth-order valence-corrected chi connectivity index (χ4v) is 4.01. The zero-order valence-corrected chi connectivity index (χ0v) is 18.7. The van der Waals surface area contributed by atoms with E-state index in [1.54, 1.807) is 25.3 Å². The summed E-state index contributed by atoms with van der Waals surface area (Å²) in [6.07, 6.45) is 0.558. The number of benzene rings is 2. The molecule has 0 radical (unpaired) electrons. The normalized spacial score (nSPS) is 16.0. The van der Waals surface area contributed by atoms with E-state index in [0.717, 1.165) is 16.7 Å². The molecule has 3 aromatic rings. The van der Waals surface area contributed by atoms with E-state index in [4.69, 9.17) is 26.2 Å². The fourth-order valence-electron chi connectivity index (χ4n) is 3.76. The second-order valence-corrected chi connectivity index (χ2v) is 8.10. The lowest BCUT2D eigenvalue weighted by atomic mass is 9.98. The number of hydrazone groups is 1. The second-order valence-electron chi connectivity index (χ2n) is 7.74. The van der Waals surface area contributed by atoms with Crippen LogP contribution in [0.3, 0.4) is 0 Å². The molecule has 7 heteroatoms. The van der Waals surface area contributed by atoms with Crippen LogP contribution in [0.15, 0.2) is 53.6 Å². The van der Waals surface area contributed by atoms with Crippen molar-refractivity contribution < 1.29 is 14.3 Å². The molecule has 0 unspecified atom stereocenters. The molecule has 0 saturated carbocycles. The number of methoxy groups -OCH3 is 2. The number of hydrogen-bond acceptors (Lipinski definition) is 5. The van der Waals surface area contributed by atoms with Gasteiger partial charge in [-0.25, -0.2) is 9.99 Å². The van der Waals surface area contributed by atoms with E-state index in [1.165, 1.54) is 0 Å². The molecule has 4 rings (SSSR count). The van der Waals surface area contributed by atoms with Crippen molar-refractivity contribution in [3.63, 3.8) is 0 Å². The van der Waals surface area contributed by atoms with Crippen LogP contribution in [-0.4, -0.2) is 35.8 Å². The molecular formula is C24H24ClN3O3. The average Bonchev–Trinajstić information content (AvgIpc) is 3.22. The van der Waals surface area contributed by atoms with Gasteiger partial charge in [0.2, 0.25) is 5.91 Å². The Morgan fingerprint density at radius 2 is 1.77 bits per heavy atom. The van der Waals surface area contributed by atoms with Crippen molar-refractivity contribution in [1.29, 1.82) is 0 Å². The van der Waals surface area contributed by atoms with Crippen LogP contribution in [0.4, 0.5) is 0 Å². The average molecular weight is 438 g/mol. The summed E-state index contributed by atoms with van der Waals surface area (Å²) in [4.78, 5) is 17.4. The summed E-state index contributed by atoms with van der Waals surface area (Å²) in [5.41, 5.74) is 3.17. The van der Waals surface area contributed by atoms with E-state index in [0.29, 0.717) is 34.2 Å². The number of ether oxygens (including phenoxy) is 2. The molecule has 31 heavy (non-hydrogen) atoms. The Labute approximate surface area is 186 Å². The molecular weight excluding hydrogens is 414 g/mol. The number of nitrogens with zero attached hydrogens (tertiary/aromatic N) is 3. The summed E-state index contributed by atoms with van der Waals surface area (Å²) in [5, 5.41) is 7.48. The Kier molecular flexibility index (Phi) is 5.83. The highest BCUT2D eigenvalue weighted by molar-refractivity contribution is 6.33. The number of carbonyl (C=O) groups excluding carboxylic acids is 1. The van der Waals surface area contributed by atoms with Crippen molar-refractivity contribution in [1.82, 2.24) is 9.99 Å². The number of carbonyl (C=O) groups is 1. The zero-order chi connectivity index (χ0) is 22.1. The summed E-state index contributed by atoms with van der Waals surface area (Å²) in [5.74, 6) is 0.996. The molecule has 1 aromatic heterocycles. The smallest absolute Gasteiger partial charge is 0.245 e. The maximum atomic E-state index is 12.9. The number of rotatable bonds is 5. The van der Waals surface area contributed by atoms with Gasteiger partial charge in [0, 0.05) is 29.4 Å². The van der Waals surface area contributed by atoms with E-state index in [-0.39, 0.29) is 17.9 Å². The maximum absolute atomic E-state index is 12.9. The molecule has 2 aromatic carbocycles. The van der Waals surface area contributed by atoms with Gasteiger partial charge in [-0.15, -0.1) is 0 Å². The van der Waals surface area contributed by atoms with Gasteiger partial charge in [0.05, 0.1) is 31.5 Å². The standard InChI is InChI=1S/C24H24ClN3O3/c1-14(2)24(29)28-20(15-8-6-5-7-9-15)12-19(27-28)17-10-16-11-21(30-3)22(31-4)13-18(16)26-23(17)25/h5-11,13-14,20H,12H2,1-4H3/t20-/m0/s1. The highest BCUT2D eigenvalue weighted by Gasteiger charge is 2.34. The third-order valence-electron chi connectivity index (χ3n) is 5.40. The van der Waals surface area contributed by atoms with Crippen molar-refractivity contribution in [3.8, 4) is 11.5 Å². The summed E-state index contributed by atoms with van der Waals surface area (Å²) in [7, 11) is 3.17. The molecule has 1 aliphatic heterocycles. The Morgan fingerprint density at radius 3 is 2.42 bits per heavy atom. The summed E-state index contributed by atoms with van der Waals surface area (Å²) in [6.45, 7) is 3.75. The molecule has 0 fully saturated rings. The number of hydrogen-bond donors (Lipinski definition) is 0. The topological polar surface area (TPSA) is 64.0 Å². The third-order valence-corrected chi connectivity index (χ3v) is 5.69. The first kappa shape index (κ1) is 21.1. The van der Waals surface area contributed by atoms with Crippen molar-refractivity contribution in [2.45, 2.75) is 26.3 Å². The van der Waals surface area contributed by atoms with Crippen LogP contribution >= 0.6 is 11.6 Å². The number of aromatic nitrogens is 1. The van der Waals surface area contributed by atoms with Crippen LogP contribution in [0, 0.1) is 5.92 Å². The Balaban J connectivity index is 1.79. The summed E-state index contributed by atoms with van der Waals surface area (Å²) >= 11 is 6.57. The summed E-state index contributed by atoms with van der Waals surface area (Å²) < 4.78 is 10.8. The molecule has 0 N–H and O–H groups in total. The van der Waals surface area contributed by atoms with Gasteiger partial charge < -0.3 is 9.47 Å². The fraction of sp³-hybridized carbons (Fsp3) is 0.292. The molecule has 0 aliphatic carbocycles. The molecule has 0 saturated heterocycles. The molecule has 1 aliphatic rings. The lowest BCUT2D eigenvalue weighted by Crippen LogP contribution is -2.30. The minimum atomic E-state index is -0.178. The predicted molar refractivity (Wildman–Crippen MR) is 122 cm³/mol. The van der Waals surface area contributed by atoms with Gasteiger partial charge in [-0.05, 0) is 17.7 Å². The quantitative estimate of drug-likeness (QED) is 0.512. The lowest BCUT2D eigenvalue weighted by molar-refractivity contribution is -0.136. The number of fused-ring (bicyclic) bond motifs is 1. The van der Waals surface area contributed by atoms with Crippen LogP contribution in [0.2, 0.25) is 5.15 Å². The highest BCUT2D eigenvalue weighted by Crippen LogP contribution is 2.37. The van der Waals surface area contributed by atoms with Gasteiger partial charge >= 0.3 is 0 Å². The van der Waals surface area contributed by atoms with Gasteiger partial charge in [0.25, 0.3) is 0 Å². The molecule has 0 bridgehead atoms. The largest absolute Gasteiger partial charge is 0.493 e. The molecule has 0 spiro atoms. The highest BCUT2D eigenvalue weighted by atomic mass is 35.5. The molecule has 6 nitrogen and oxygen atoms in total. The maximum Gasteiger partial charge on any atom is 0.245 e. The first-order chi connectivity index (χ1) is 14.9. The third kappa shape index (κ3) is 3.95. The van der Waals surface area contributed by atoms with Crippen molar-refractivity contribution >= 4 is 34.1 Å². The van der Waals surface area contributed by atoms with Gasteiger partial charge in [0.1, 0.15) is 5.15 Å². The van der Waals surface area contributed by atoms with E-state index < -0.39 is 0 Å². The van der Waals surface area contributed by atoms with Gasteiger partial charge in [-0.3, -0.25) is 4.79 Å². The molecule has 1 atom stereocenters. The monoisotopic (exact) mass is 437 g/mol. The zero-order valence-electron chi connectivity index (χ0n) is 17.9. The van der Waals surface area contributed by atoms with Crippen LogP contribution in [0.25, 0.3) is 10.9 Å². The van der Waals surface area contributed by atoms with Crippen LogP contribution in [0.1, 0.15) is 37.4 Å². The minimum Gasteiger partial charge on any atom is -0.493 e. The Morgan fingerprint density at radius 1 is 1.10 bits per heavy atom. The van der Waals surface area contributed by atoms with Crippen LogP contribution < -0.4 is 9.47 Å². The molecule has 2 heterocycles. The van der Waals surface area contributed by atoms with E-state index >= 15 is 0 Å². The number of halogens is 1. The summed E-state index contributed by atoms with van der Waals surface area (Å²) in [6, 6.07) is 15.3. The number of amides is 1. The minimum absolute atomic E-state index is 0.0277. The van der Waals surface area contributed by atoms with Gasteiger partial charge in [-0.2, -0.15) is 5.10 Å². The first-order valence-electron chi connectivity index (χ1n) is 10.1. The lowest BCUT2D eigenvalue weighted by Gasteiger charge is -2.23. The van der Waals surface area contributed by atoms with Crippen LogP contribution in [-0.2, 0) is 4.79 Å². The van der Waals surface area contributed by atoms with E-state index in [9.17, 15) is 4.79 Å². The van der Waals surface area contributed by atoms with E-state index in [1.807, 2.05) is 56.3 Å².